The van der Waals surface area contributed by atoms with E-state index in [1.807, 2.05) is 12.1 Å². The van der Waals surface area contributed by atoms with Gasteiger partial charge in [0.2, 0.25) is 0 Å². The van der Waals surface area contributed by atoms with Crippen molar-refractivity contribution in [2.24, 2.45) is 0 Å². The Morgan fingerprint density at radius 3 is 2.43 bits per heavy atom. The monoisotopic (exact) mass is 426 g/mol. The molecule has 0 saturated carbocycles. The van der Waals surface area contributed by atoms with E-state index in [9.17, 15) is 19.7 Å². The maximum absolute atomic E-state index is 11.9. The van der Waals surface area contributed by atoms with Crippen LogP contribution in [0, 0.1) is 13.7 Å². The number of nitrogens with zero attached hydrogens (tertiary/aromatic N) is 1. The predicted octanol–water partition coefficient (Wildman–Crippen LogP) is 2.99. The lowest BCUT2D eigenvalue weighted by molar-refractivity contribution is -0.385. The number of hydrogen-bond donors (Lipinski definition) is 1. The average molecular weight is 426 g/mol. The lowest BCUT2D eigenvalue weighted by atomic mass is 10.2. The molecule has 7 nitrogen and oxygen atoms in total. The van der Waals surface area contributed by atoms with Crippen LogP contribution in [0.4, 0.5) is 11.4 Å². The minimum Gasteiger partial charge on any atom is -0.452 e. The second kappa shape index (κ2) is 7.68. The fourth-order valence-corrected chi connectivity index (χ4v) is 2.10. The Labute approximate surface area is 144 Å². The molecule has 1 N–H and O–H groups in total. The zero-order valence-electron chi connectivity index (χ0n) is 11.7. The van der Waals surface area contributed by atoms with Gasteiger partial charge in [0, 0.05) is 15.3 Å². The van der Waals surface area contributed by atoms with E-state index in [0.717, 1.165) is 3.57 Å². The van der Waals surface area contributed by atoms with E-state index in [4.69, 9.17) is 4.74 Å². The van der Waals surface area contributed by atoms with E-state index >= 15 is 0 Å². The van der Waals surface area contributed by atoms with Crippen molar-refractivity contribution < 1.29 is 19.2 Å². The van der Waals surface area contributed by atoms with E-state index < -0.39 is 23.4 Å². The fourth-order valence-electron chi connectivity index (χ4n) is 1.74. The van der Waals surface area contributed by atoms with Gasteiger partial charge in [0.15, 0.2) is 6.61 Å². The Morgan fingerprint density at radius 2 is 1.78 bits per heavy atom. The highest BCUT2D eigenvalue weighted by molar-refractivity contribution is 14.1. The standard InChI is InChI=1S/C15H11IN2O5/c16-10-5-7-11(8-6-10)17-14(19)9-23-15(20)12-3-1-2-4-13(12)18(21)22/h1-8H,9H2,(H,17,19). The number of para-hydroxylation sites is 1. The van der Waals surface area contributed by atoms with Crippen molar-refractivity contribution in [3.63, 3.8) is 0 Å². The number of ether oxygens (including phenoxy) is 1. The number of rotatable bonds is 5. The molecule has 118 valence electrons. The summed E-state index contributed by atoms with van der Waals surface area (Å²) in [6, 6.07) is 12.4. The SMILES string of the molecule is O=C(COC(=O)c1ccccc1[N+](=O)[O-])Nc1ccc(I)cc1. The minimum atomic E-state index is -0.921. The molecule has 2 aromatic rings. The van der Waals surface area contributed by atoms with Crippen LogP contribution in [0.2, 0.25) is 0 Å². The van der Waals surface area contributed by atoms with Crippen molar-refractivity contribution in [1.29, 1.82) is 0 Å². The molecule has 0 aromatic heterocycles. The highest BCUT2D eigenvalue weighted by Crippen LogP contribution is 2.18. The summed E-state index contributed by atoms with van der Waals surface area (Å²) in [7, 11) is 0. The highest BCUT2D eigenvalue weighted by Gasteiger charge is 2.21. The van der Waals surface area contributed by atoms with Crippen molar-refractivity contribution in [1.82, 2.24) is 0 Å². The molecule has 0 atom stereocenters. The second-order valence-corrected chi connectivity index (χ2v) is 5.65. The van der Waals surface area contributed by atoms with Crippen LogP contribution >= 0.6 is 22.6 Å². The van der Waals surface area contributed by atoms with Gasteiger partial charge in [0.25, 0.3) is 11.6 Å². The smallest absolute Gasteiger partial charge is 0.345 e. The van der Waals surface area contributed by atoms with Crippen molar-refractivity contribution in [3.8, 4) is 0 Å². The Morgan fingerprint density at radius 1 is 1.13 bits per heavy atom. The van der Waals surface area contributed by atoms with Crippen LogP contribution < -0.4 is 5.32 Å². The maximum atomic E-state index is 11.9. The average Bonchev–Trinajstić information content (AvgIpc) is 2.54. The molecule has 0 heterocycles. The van der Waals surface area contributed by atoms with Crippen LogP contribution in [0.1, 0.15) is 10.4 Å². The molecule has 2 rings (SSSR count). The number of nitro groups is 1. The third-order valence-electron chi connectivity index (χ3n) is 2.78. The molecule has 0 radical (unpaired) electrons. The van der Waals surface area contributed by atoms with E-state index in [0.29, 0.717) is 5.69 Å². The molecule has 1 amide bonds. The number of carbonyl (C=O) groups is 2. The molecule has 0 unspecified atom stereocenters. The van der Waals surface area contributed by atoms with Crippen molar-refractivity contribution in [2.75, 3.05) is 11.9 Å². The van der Waals surface area contributed by atoms with Crippen molar-refractivity contribution in [2.45, 2.75) is 0 Å². The molecule has 0 spiro atoms. The lowest BCUT2D eigenvalue weighted by Gasteiger charge is -2.07. The van der Waals surface area contributed by atoms with E-state index in [2.05, 4.69) is 27.9 Å². The summed E-state index contributed by atoms with van der Waals surface area (Å²) in [5.41, 5.74) is 0.00673. The van der Waals surface area contributed by atoms with Gasteiger partial charge in [-0.25, -0.2) is 4.79 Å². The number of anilines is 1. The zero-order valence-corrected chi connectivity index (χ0v) is 13.8. The summed E-state index contributed by atoms with van der Waals surface area (Å²) in [5, 5.41) is 13.4. The summed E-state index contributed by atoms with van der Waals surface area (Å²) in [5.74, 6) is -1.45. The number of halogens is 1. The Balaban J connectivity index is 1.95. The summed E-state index contributed by atoms with van der Waals surface area (Å²) < 4.78 is 5.84. The highest BCUT2D eigenvalue weighted by atomic mass is 127. The fraction of sp³-hybridized carbons (Fsp3) is 0.0667. The molecule has 0 aliphatic heterocycles. The summed E-state index contributed by atoms with van der Waals surface area (Å²) in [6.45, 7) is -0.531. The third-order valence-corrected chi connectivity index (χ3v) is 3.50. The van der Waals surface area contributed by atoms with Gasteiger partial charge in [-0.3, -0.25) is 14.9 Å². The Hall–Kier alpha value is -2.49. The summed E-state index contributed by atoms with van der Waals surface area (Å²) >= 11 is 2.13. The molecule has 0 aliphatic carbocycles. The summed E-state index contributed by atoms with van der Waals surface area (Å²) in [4.78, 5) is 33.8. The van der Waals surface area contributed by atoms with Crippen LogP contribution in [0.15, 0.2) is 48.5 Å². The van der Waals surface area contributed by atoms with Gasteiger partial charge < -0.3 is 10.1 Å². The van der Waals surface area contributed by atoms with Gasteiger partial charge >= 0.3 is 5.97 Å². The normalized spacial score (nSPS) is 9.96. The first-order chi connectivity index (χ1) is 11.0. The molecule has 0 bridgehead atoms. The lowest BCUT2D eigenvalue weighted by Crippen LogP contribution is -2.21. The molecule has 8 heteroatoms. The van der Waals surface area contributed by atoms with Crippen molar-refractivity contribution in [3.05, 3.63) is 67.8 Å². The number of amides is 1. The summed E-state index contributed by atoms with van der Waals surface area (Å²) in [6.07, 6.45) is 0. The van der Waals surface area contributed by atoms with Gasteiger partial charge in [-0.1, -0.05) is 12.1 Å². The van der Waals surface area contributed by atoms with E-state index in [-0.39, 0.29) is 11.3 Å². The Kier molecular flexibility index (Phi) is 5.63. The quantitative estimate of drug-likeness (QED) is 0.343. The molecular weight excluding hydrogens is 415 g/mol. The van der Waals surface area contributed by atoms with Crippen molar-refractivity contribution >= 4 is 45.8 Å². The second-order valence-electron chi connectivity index (χ2n) is 4.41. The van der Waals surface area contributed by atoms with Gasteiger partial charge in [-0.15, -0.1) is 0 Å². The van der Waals surface area contributed by atoms with Gasteiger partial charge in [-0.2, -0.15) is 0 Å². The molecule has 0 saturated heterocycles. The molecule has 0 fully saturated rings. The van der Waals surface area contributed by atoms with Crippen LogP contribution in [0.25, 0.3) is 0 Å². The molecular formula is C15H11IN2O5. The zero-order chi connectivity index (χ0) is 16.8. The molecule has 0 aliphatic rings. The third kappa shape index (κ3) is 4.74. The minimum absolute atomic E-state index is 0.195. The largest absolute Gasteiger partial charge is 0.452 e. The van der Waals surface area contributed by atoms with E-state index in [1.165, 1.54) is 24.3 Å². The first-order valence-corrected chi connectivity index (χ1v) is 7.51. The molecule has 23 heavy (non-hydrogen) atoms. The van der Waals surface area contributed by atoms with Crippen LogP contribution in [0.3, 0.4) is 0 Å². The van der Waals surface area contributed by atoms with Crippen LogP contribution in [0.5, 0.6) is 0 Å². The first kappa shape index (κ1) is 16.9. The van der Waals surface area contributed by atoms with E-state index in [1.54, 1.807) is 12.1 Å². The number of nitrogens with one attached hydrogen (secondary N) is 1. The first-order valence-electron chi connectivity index (χ1n) is 6.43. The van der Waals surface area contributed by atoms with Gasteiger partial charge in [0.1, 0.15) is 5.56 Å². The number of benzene rings is 2. The number of nitro benzene ring substituents is 1. The van der Waals surface area contributed by atoms with Crippen LogP contribution in [-0.2, 0) is 9.53 Å². The number of esters is 1. The van der Waals surface area contributed by atoms with Gasteiger partial charge in [0.05, 0.1) is 4.92 Å². The topological polar surface area (TPSA) is 98.5 Å². The number of carbonyl (C=O) groups excluding carboxylic acids is 2. The maximum Gasteiger partial charge on any atom is 0.345 e. The van der Waals surface area contributed by atoms with Crippen LogP contribution in [-0.4, -0.2) is 23.4 Å². The predicted molar refractivity (Wildman–Crippen MR) is 91.2 cm³/mol. The Bertz CT molecular complexity index is 746. The van der Waals surface area contributed by atoms with Gasteiger partial charge in [-0.05, 0) is 52.9 Å². The number of hydrogen-bond acceptors (Lipinski definition) is 5. The molecule has 2 aromatic carbocycles.